The summed E-state index contributed by atoms with van der Waals surface area (Å²) in [7, 11) is 0. The van der Waals surface area contributed by atoms with E-state index in [1.165, 1.54) is 0 Å². The number of rotatable bonds is 4. The quantitative estimate of drug-likeness (QED) is 0.551. The van der Waals surface area contributed by atoms with Gasteiger partial charge in [0, 0.05) is 37.2 Å². The van der Waals surface area contributed by atoms with Crippen molar-refractivity contribution in [3.63, 3.8) is 0 Å². The third-order valence-electron chi connectivity index (χ3n) is 7.23. The molecule has 2 N–H and O–H groups in total. The average Bonchev–Trinajstić information content (AvgIpc) is 2.86. The Kier molecular flexibility index (Phi) is 6.79. The molecule has 3 aromatic rings. The van der Waals surface area contributed by atoms with Gasteiger partial charge in [0.15, 0.2) is 0 Å². The second-order valence-electron chi connectivity index (χ2n) is 9.28. The van der Waals surface area contributed by atoms with Crippen LogP contribution in [0.2, 0.25) is 0 Å². The SMILES string of the molecule is O=C(Nc1cc(F)ccc1F)N1CCCCN2[C@@H](CO)[C@@H](c3ccc(-c4ccccc4)cc3)[C@@H]2C1. The van der Waals surface area contributed by atoms with Crippen molar-refractivity contribution in [2.45, 2.75) is 30.8 Å². The normalized spacial score (nSPS) is 22.5. The number of aliphatic hydroxyl groups is 1. The molecule has 0 aliphatic carbocycles. The van der Waals surface area contributed by atoms with E-state index in [0.717, 1.165) is 54.3 Å². The molecular weight excluding hydrogens is 448 g/mol. The van der Waals surface area contributed by atoms with Crippen LogP contribution in [0.1, 0.15) is 24.3 Å². The molecule has 0 aromatic heterocycles. The Bertz CT molecular complexity index is 1170. The zero-order chi connectivity index (χ0) is 24.4. The van der Waals surface area contributed by atoms with E-state index in [1.807, 2.05) is 18.2 Å². The standard InChI is InChI=1S/C28H29F2N3O2/c29-22-12-13-23(30)24(16-22)31-28(35)32-14-4-5-15-33-25(17-32)27(26(33)18-34)21-10-8-20(9-11-21)19-6-2-1-3-7-19/h1-3,6-13,16,25-27,34H,4-5,14-15,17-18H2,(H,31,35)/t25-,26-,27-/m0/s1. The number of hydrogen-bond donors (Lipinski definition) is 2. The zero-order valence-electron chi connectivity index (χ0n) is 19.4. The Morgan fingerprint density at radius 3 is 2.40 bits per heavy atom. The largest absolute Gasteiger partial charge is 0.395 e. The van der Waals surface area contributed by atoms with Crippen LogP contribution in [0.5, 0.6) is 0 Å². The number of carbonyl (C=O) groups is 1. The topological polar surface area (TPSA) is 55.8 Å². The Labute approximate surface area is 204 Å². The highest BCUT2D eigenvalue weighted by Crippen LogP contribution is 2.42. The maximum atomic E-state index is 14.1. The number of urea groups is 1. The van der Waals surface area contributed by atoms with E-state index in [0.29, 0.717) is 13.1 Å². The van der Waals surface area contributed by atoms with Crippen LogP contribution in [0.3, 0.4) is 0 Å². The van der Waals surface area contributed by atoms with Gasteiger partial charge in [0.1, 0.15) is 11.6 Å². The fraction of sp³-hybridized carbons (Fsp3) is 0.321. The van der Waals surface area contributed by atoms with Crippen molar-refractivity contribution in [1.29, 1.82) is 0 Å². The fourth-order valence-corrected chi connectivity index (χ4v) is 5.44. The van der Waals surface area contributed by atoms with E-state index in [-0.39, 0.29) is 30.3 Å². The number of aliphatic hydroxyl groups excluding tert-OH is 1. The predicted octanol–water partition coefficient (Wildman–Crippen LogP) is 5.09. The van der Waals surface area contributed by atoms with Crippen molar-refractivity contribution in [2.75, 3.05) is 31.6 Å². The molecule has 2 aliphatic rings. The molecule has 0 saturated carbocycles. The Morgan fingerprint density at radius 1 is 0.943 bits per heavy atom. The van der Waals surface area contributed by atoms with Gasteiger partial charge in [-0.05, 0) is 48.2 Å². The number of halogens is 2. The van der Waals surface area contributed by atoms with Gasteiger partial charge < -0.3 is 15.3 Å². The van der Waals surface area contributed by atoms with Crippen LogP contribution in [0.15, 0.2) is 72.8 Å². The van der Waals surface area contributed by atoms with Gasteiger partial charge in [0.2, 0.25) is 0 Å². The third kappa shape index (κ3) is 4.79. The van der Waals surface area contributed by atoms with E-state index in [9.17, 15) is 18.7 Å². The van der Waals surface area contributed by atoms with Crippen molar-refractivity contribution in [3.05, 3.63) is 90.0 Å². The van der Waals surface area contributed by atoms with Gasteiger partial charge >= 0.3 is 6.03 Å². The number of nitrogens with one attached hydrogen (secondary N) is 1. The highest BCUT2D eigenvalue weighted by atomic mass is 19.1. The van der Waals surface area contributed by atoms with E-state index in [1.54, 1.807) is 4.90 Å². The summed E-state index contributed by atoms with van der Waals surface area (Å²) < 4.78 is 27.7. The summed E-state index contributed by atoms with van der Waals surface area (Å²) in [5.41, 5.74) is 3.24. The molecule has 2 aliphatic heterocycles. The summed E-state index contributed by atoms with van der Waals surface area (Å²) in [5, 5.41) is 12.7. The van der Waals surface area contributed by atoms with Gasteiger partial charge in [-0.2, -0.15) is 0 Å². The number of nitrogens with zero attached hydrogens (tertiary/aromatic N) is 2. The molecular formula is C28H29F2N3O2. The van der Waals surface area contributed by atoms with Crippen LogP contribution in [0.4, 0.5) is 19.3 Å². The molecule has 0 unspecified atom stereocenters. The first-order valence-corrected chi connectivity index (χ1v) is 12.1. The number of anilines is 1. The maximum absolute atomic E-state index is 14.1. The third-order valence-corrected chi connectivity index (χ3v) is 7.23. The van der Waals surface area contributed by atoms with E-state index < -0.39 is 17.7 Å². The lowest BCUT2D eigenvalue weighted by molar-refractivity contribution is -0.0585. The monoisotopic (exact) mass is 477 g/mol. The molecule has 2 saturated heterocycles. The molecule has 3 aromatic carbocycles. The van der Waals surface area contributed by atoms with Crippen molar-refractivity contribution >= 4 is 11.7 Å². The van der Waals surface area contributed by atoms with Crippen molar-refractivity contribution in [2.24, 2.45) is 0 Å². The number of amides is 2. The van der Waals surface area contributed by atoms with Crippen LogP contribution in [0.25, 0.3) is 11.1 Å². The maximum Gasteiger partial charge on any atom is 0.321 e. The van der Waals surface area contributed by atoms with Gasteiger partial charge in [-0.15, -0.1) is 0 Å². The summed E-state index contributed by atoms with van der Waals surface area (Å²) in [5.74, 6) is -1.21. The number of benzene rings is 3. The lowest BCUT2D eigenvalue weighted by atomic mass is 9.74. The minimum atomic E-state index is -0.672. The molecule has 7 heteroatoms. The molecule has 182 valence electrons. The van der Waals surface area contributed by atoms with Crippen LogP contribution < -0.4 is 5.32 Å². The van der Waals surface area contributed by atoms with Crippen LogP contribution in [-0.2, 0) is 0 Å². The summed E-state index contributed by atoms with van der Waals surface area (Å²) in [6.07, 6.45) is 1.70. The van der Waals surface area contributed by atoms with Crippen LogP contribution in [0, 0.1) is 11.6 Å². The Hall–Kier alpha value is -3.29. The molecule has 0 radical (unpaired) electrons. The second-order valence-corrected chi connectivity index (χ2v) is 9.28. The smallest absolute Gasteiger partial charge is 0.321 e. The van der Waals surface area contributed by atoms with E-state index >= 15 is 0 Å². The first-order valence-electron chi connectivity index (χ1n) is 12.1. The van der Waals surface area contributed by atoms with Gasteiger partial charge in [-0.1, -0.05) is 54.6 Å². The van der Waals surface area contributed by atoms with Gasteiger partial charge in [0.05, 0.1) is 12.3 Å². The minimum absolute atomic E-state index is 0.00810. The average molecular weight is 478 g/mol. The molecule has 35 heavy (non-hydrogen) atoms. The lowest BCUT2D eigenvalue weighted by Crippen LogP contribution is -2.68. The van der Waals surface area contributed by atoms with Crippen molar-refractivity contribution in [3.8, 4) is 11.1 Å². The van der Waals surface area contributed by atoms with E-state index in [4.69, 9.17) is 0 Å². The minimum Gasteiger partial charge on any atom is -0.395 e. The Balaban J connectivity index is 1.35. The van der Waals surface area contributed by atoms with E-state index in [2.05, 4.69) is 46.6 Å². The Morgan fingerprint density at radius 2 is 1.66 bits per heavy atom. The highest BCUT2D eigenvalue weighted by Gasteiger charge is 2.49. The van der Waals surface area contributed by atoms with Gasteiger partial charge in [0.25, 0.3) is 0 Å². The zero-order valence-corrected chi connectivity index (χ0v) is 19.4. The lowest BCUT2D eigenvalue weighted by Gasteiger charge is -2.57. The molecule has 5 rings (SSSR count). The van der Waals surface area contributed by atoms with Crippen LogP contribution in [-0.4, -0.2) is 59.3 Å². The second kappa shape index (κ2) is 10.1. The fourth-order valence-electron chi connectivity index (χ4n) is 5.44. The van der Waals surface area contributed by atoms with Gasteiger partial charge in [-0.25, -0.2) is 13.6 Å². The molecule has 5 nitrogen and oxygen atoms in total. The number of carbonyl (C=O) groups excluding carboxylic acids is 1. The number of hydrogen-bond acceptors (Lipinski definition) is 3. The summed E-state index contributed by atoms with van der Waals surface area (Å²) >= 11 is 0. The van der Waals surface area contributed by atoms with Gasteiger partial charge in [-0.3, -0.25) is 4.90 Å². The molecule has 0 bridgehead atoms. The number of fused-ring (bicyclic) bond motifs is 1. The highest BCUT2D eigenvalue weighted by molar-refractivity contribution is 5.89. The first-order chi connectivity index (χ1) is 17.0. The van der Waals surface area contributed by atoms with Crippen LogP contribution >= 0.6 is 0 Å². The van der Waals surface area contributed by atoms with Crippen molar-refractivity contribution < 1.29 is 18.7 Å². The van der Waals surface area contributed by atoms with Crippen molar-refractivity contribution in [1.82, 2.24) is 9.80 Å². The molecule has 2 heterocycles. The molecule has 2 amide bonds. The summed E-state index contributed by atoms with van der Waals surface area (Å²) in [4.78, 5) is 17.0. The molecule has 2 fully saturated rings. The first kappa shape index (κ1) is 23.5. The summed E-state index contributed by atoms with van der Waals surface area (Å²) in [6.45, 7) is 1.89. The summed E-state index contributed by atoms with van der Waals surface area (Å²) in [6, 6.07) is 21.2. The molecule has 3 atom stereocenters. The molecule has 0 spiro atoms. The predicted molar refractivity (Wildman–Crippen MR) is 132 cm³/mol.